The summed E-state index contributed by atoms with van der Waals surface area (Å²) in [4.78, 5) is 0. The lowest BCUT2D eigenvalue weighted by Crippen LogP contribution is -2.37. The number of hydrogen-bond acceptors (Lipinski definition) is 5. The molecule has 3 aromatic rings. The van der Waals surface area contributed by atoms with Gasteiger partial charge in [0.2, 0.25) is 6.39 Å². The first-order valence-electron chi connectivity index (χ1n) is 7.32. The van der Waals surface area contributed by atoms with Crippen molar-refractivity contribution in [1.29, 1.82) is 0 Å². The van der Waals surface area contributed by atoms with Crippen LogP contribution in [0.5, 0.6) is 0 Å². The van der Waals surface area contributed by atoms with Crippen LogP contribution < -0.4 is 5.32 Å². The fourth-order valence-corrected chi connectivity index (χ4v) is 3.08. The van der Waals surface area contributed by atoms with E-state index in [4.69, 9.17) is 4.42 Å². The van der Waals surface area contributed by atoms with E-state index in [1.54, 1.807) is 6.20 Å². The van der Waals surface area contributed by atoms with Gasteiger partial charge in [0.1, 0.15) is 11.4 Å². The summed E-state index contributed by atoms with van der Waals surface area (Å²) in [6.07, 6.45) is 4.07. The summed E-state index contributed by atoms with van der Waals surface area (Å²) in [6, 6.07) is 10.7. The summed E-state index contributed by atoms with van der Waals surface area (Å²) < 4.78 is 7.34. The summed E-state index contributed by atoms with van der Waals surface area (Å²) in [5.74, 6) is 1.41. The highest BCUT2D eigenvalue weighted by atomic mass is 16.4. The summed E-state index contributed by atoms with van der Waals surface area (Å²) in [5, 5.41) is 15.9. The van der Waals surface area contributed by atoms with Crippen LogP contribution in [0.25, 0.3) is 11.5 Å². The van der Waals surface area contributed by atoms with Gasteiger partial charge in [-0.1, -0.05) is 30.3 Å². The van der Waals surface area contributed by atoms with E-state index in [1.807, 2.05) is 10.7 Å². The first kappa shape index (κ1) is 13.1. The van der Waals surface area contributed by atoms with Gasteiger partial charge < -0.3 is 9.73 Å². The molecule has 0 aliphatic carbocycles. The molecular weight excluding hydrogens is 278 g/mol. The predicted molar refractivity (Wildman–Crippen MR) is 82.3 cm³/mol. The number of nitrogens with one attached hydrogen (secondary N) is 1. The Morgan fingerprint density at radius 2 is 2.09 bits per heavy atom. The average Bonchev–Trinajstić information content (AvgIpc) is 3.16. The lowest BCUT2D eigenvalue weighted by Gasteiger charge is -2.38. The predicted octanol–water partition coefficient (Wildman–Crippen LogP) is 3.23. The van der Waals surface area contributed by atoms with E-state index in [0.29, 0.717) is 5.89 Å². The maximum absolute atomic E-state index is 5.34. The molecule has 112 valence electrons. The number of aromatic nitrogens is 4. The van der Waals surface area contributed by atoms with Gasteiger partial charge in [0.05, 0.1) is 17.8 Å². The normalized spacial score (nSPS) is 19.5. The van der Waals surface area contributed by atoms with Crippen molar-refractivity contribution in [2.24, 2.45) is 0 Å². The number of nitrogens with zero attached hydrogens (tertiary/aromatic N) is 4. The zero-order valence-electron chi connectivity index (χ0n) is 12.5. The van der Waals surface area contributed by atoms with Gasteiger partial charge in [-0.25, -0.2) is 4.68 Å². The van der Waals surface area contributed by atoms with E-state index in [2.05, 4.69) is 58.7 Å². The molecule has 0 radical (unpaired) electrons. The van der Waals surface area contributed by atoms with Gasteiger partial charge in [-0.2, -0.15) is 5.10 Å². The lowest BCUT2D eigenvalue weighted by atomic mass is 9.89. The van der Waals surface area contributed by atoms with Gasteiger partial charge in [0.15, 0.2) is 0 Å². The molecule has 1 aliphatic heterocycles. The maximum Gasteiger partial charge on any atom is 0.252 e. The van der Waals surface area contributed by atoms with Gasteiger partial charge in [-0.15, -0.1) is 10.2 Å². The van der Waals surface area contributed by atoms with Crippen molar-refractivity contribution < 1.29 is 4.42 Å². The molecule has 0 saturated carbocycles. The largest absolute Gasteiger partial charge is 0.423 e. The Balaban J connectivity index is 1.80. The molecule has 2 aromatic heterocycles. The van der Waals surface area contributed by atoms with Crippen LogP contribution >= 0.6 is 0 Å². The Hall–Kier alpha value is -2.63. The summed E-state index contributed by atoms with van der Waals surface area (Å²) in [5.41, 5.74) is 2.00. The second-order valence-electron chi connectivity index (χ2n) is 6.19. The summed E-state index contributed by atoms with van der Waals surface area (Å²) in [7, 11) is 0. The topological polar surface area (TPSA) is 68.8 Å². The molecule has 3 heterocycles. The Morgan fingerprint density at radius 3 is 2.82 bits per heavy atom. The molecule has 1 aromatic carbocycles. The highest BCUT2D eigenvalue weighted by molar-refractivity contribution is 5.70. The highest BCUT2D eigenvalue weighted by Crippen LogP contribution is 2.42. The first-order chi connectivity index (χ1) is 10.6. The number of fused-ring (bicyclic) bond motifs is 1. The minimum Gasteiger partial charge on any atom is -0.423 e. The molecule has 1 N–H and O–H groups in total. The van der Waals surface area contributed by atoms with Gasteiger partial charge in [-0.3, -0.25) is 0 Å². The van der Waals surface area contributed by atoms with Crippen LogP contribution in [0.1, 0.15) is 31.9 Å². The third-order valence-electron chi connectivity index (χ3n) is 4.15. The van der Waals surface area contributed by atoms with Crippen LogP contribution in [0.15, 0.2) is 47.3 Å². The molecule has 6 heteroatoms. The Labute approximate surface area is 128 Å². The van der Waals surface area contributed by atoms with Crippen molar-refractivity contribution >= 4 is 5.82 Å². The lowest BCUT2D eigenvalue weighted by molar-refractivity contribution is 0.263. The van der Waals surface area contributed by atoms with Crippen molar-refractivity contribution in [3.63, 3.8) is 0 Å². The summed E-state index contributed by atoms with van der Waals surface area (Å²) >= 11 is 0. The molecule has 0 spiro atoms. The van der Waals surface area contributed by atoms with Crippen LogP contribution in [0.2, 0.25) is 0 Å². The fourth-order valence-electron chi connectivity index (χ4n) is 3.08. The molecule has 0 saturated heterocycles. The van der Waals surface area contributed by atoms with Crippen LogP contribution in [0.4, 0.5) is 5.82 Å². The zero-order chi connectivity index (χ0) is 15.2. The Bertz CT molecular complexity index is 776. The van der Waals surface area contributed by atoms with Crippen LogP contribution in [0.3, 0.4) is 0 Å². The van der Waals surface area contributed by atoms with Crippen molar-refractivity contribution in [1.82, 2.24) is 20.0 Å². The van der Waals surface area contributed by atoms with Crippen LogP contribution in [-0.2, 0) is 5.54 Å². The molecule has 6 nitrogen and oxygen atoms in total. The molecule has 0 bridgehead atoms. The van der Waals surface area contributed by atoms with E-state index in [1.165, 1.54) is 12.0 Å². The zero-order valence-corrected chi connectivity index (χ0v) is 12.5. The van der Waals surface area contributed by atoms with Crippen molar-refractivity contribution in [2.45, 2.75) is 31.8 Å². The van der Waals surface area contributed by atoms with Gasteiger partial charge in [-0.05, 0) is 25.8 Å². The third kappa shape index (κ3) is 1.99. The highest BCUT2D eigenvalue weighted by Gasteiger charge is 2.36. The van der Waals surface area contributed by atoms with Crippen LogP contribution in [-0.4, -0.2) is 20.0 Å². The number of hydrogen-bond donors (Lipinski definition) is 1. The van der Waals surface area contributed by atoms with E-state index in [9.17, 15) is 0 Å². The van der Waals surface area contributed by atoms with E-state index >= 15 is 0 Å². The first-order valence-corrected chi connectivity index (χ1v) is 7.32. The smallest absolute Gasteiger partial charge is 0.252 e. The maximum atomic E-state index is 5.34. The molecule has 22 heavy (non-hydrogen) atoms. The second-order valence-corrected chi connectivity index (χ2v) is 6.19. The van der Waals surface area contributed by atoms with E-state index in [0.717, 1.165) is 17.8 Å². The average molecular weight is 295 g/mol. The van der Waals surface area contributed by atoms with E-state index < -0.39 is 0 Å². The summed E-state index contributed by atoms with van der Waals surface area (Å²) in [6.45, 7) is 4.38. The number of benzene rings is 1. The molecule has 4 rings (SSSR count). The van der Waals surface area contributed by atoms with Crippen molar-refractivity contribution in [2.75, 3.05) is 5.32 Å². The monoisotopic (exact) mass is 295 g/mol. The van der Waals surface area contributed by atoms with Crippen molar-refractivity contribution in [3.8, 4) is 11.5 Å². The van der Waals surface area contributed by atoms with Crippen molar-refractivity contribution in [3.05, 3.63) is 48.5 Å². The quantitative estimate of drug-likeness (QED) is 0.786. The Morgan fingerprint density at radius 1 is 1.27 bits per heavy atom. The third-order valence-corrected chi connectivity index (χ3v) is 4.15. The molecular formula is C16H17N5O. The number of anilines is 1. The second kappa shape index (κ2) is 4.69. The molecule has 0 fully saturated rings. The Kier molecular flexibility index (Phi) is 2.79. The number of rotatable bonds is 2. The van der Waals surface area contributed by atoms with Gasteiger partial charge in [0.25, 0.3) is 5.89 Å². The standard InChI is InChI=1S/C16H17N5O/c1-16(2)8-13(11-6-4-3-5-7-11)19-14-12(9-18-21(14)16)15-20-17-10-22-15/h3-7,9-10,13,19H,8H2,1-2H3. The van der Waals surface area contributed by atoms with Gasteiger partial charge >= 0.3 is 0 Å². The SMILES string of the molecule is CC1(C)CC(c2ccccc2)Nc2c(-c3nnco3)cnn21. The fraction of sp³-hybridized carbons (Fsp3) is 0.312. The molecule has 1 atom stereocenters. The van der Waals surface area contributed by atoms with E-state index in [-0.39, 0.29) is 11.6 Å². The minimum absolute atomic E-state index is 0.0979. The molecule has 1 unspecified atom stereocenters. The molecule has 1 aliphatic rings. The van der Waals surface area contributed by atoms with Gasteiger partial charge in [0, 0.05) is 0 Å². The molecule has 0 amide bonds. The minimum atomic E-state index is -0.0979. The van der Waals surface area contributed by atoms with Crippen LogP contribution in [0, 0.1) is 0 Å².